The van der Waals surface area contributed by atoms with Crippen molar-refractivity contribution in [3.05, 3.63) is 11.5 Å². The van der Waals surface area contributed by atoms with Crippen LogP contribution in [-0.4, -0.2) is 25.0 Å². The SMILES string of the molecule is CCC(CC)n1nnc2c(Cl)ncnc21. The lowest BCUT2D eigenvalue weighted by atomic mass is 10.2. The van der Waals surface area contributed by atoms with Crippen LogP contribution in [0.1, 0.15) is 32.7 Å². The van der Waals surface area contributed by atoms with E-state index in [4.69, 9.17) is 11.6 Å². The van der Waals surface area contributed by atoms with Crippen molar-refractivity contribution in [3.63, 3.8) is 0 Å². The van der Waals surface area contributed by atoms with Gasteiger partial charge in [-0.1, -0.05) is 30.7 Å². The first kappa shape index (κ1) is 10.3. The Labute approximate surface area is 92.5 Å². The maximum absolute atomic E-state index is 5.89. The Morgan fingerprint density at radius 3 is 2.73 bits per heavy atom. The maximum Gasteiger partial charge on any atom is 0.183 e. The Balaban J connectivity index is 2.58. The predicted molar refractivity (Wildman–Crippen MR) is 57.7 cm³/mol. The highest BCUT2D eigenvalue weighted by Gasteiger charge is 2.15. The second-order valence-corrected chi connectivity index (χ2v) is 3.70. The summed E-state index contributed by atoms with van der Waals surface area (Å²) in [6.07, 6.45) is 3.43. The van der Waals surface area contributed by atoms with E-state index >= 15 is 0 Å². The summed E-state index contributed by atoms with van der Waals surface area (Å²) >= 11 is 5.89. The molecule has 0 aliphatic rings. The molecule has 2 heterocycles. The van der Waals surface area contributed by atoms with Gasteiger partial charge in [0.05, 0.1) is 6.04 Å². The number of rotatable bonds is 3. The summed E-state index contributed by atoms with van der Waals surface area (Å²) < 4.78 is 1.82. The molecule has 0 N–H and O–H groups in total. The van der Waals surface area contributed by atoms with Gasteiger partial charge >= 0.3 is 0 Å². The van der Waals surface area contributed by atoms with Gasteiger partial charge in [-0.15, -0.1) is 5.10 Å². The highest BCUT2D eigenvalue weighted by atomic mass is 35.5. The van der Waals surface area contributed by atoms with Gasteiger partial charge in [0.2, 0.25) is 0 Å². The number of hydrogen-bond donors (Lipinski definition) is 0. The first-order valence-electron chi connectivity index (χ1n) is 4.99. The monoisotopic (exact) mass is 225 g/mol. The summed E-state index contributed by atoms with van der Waals surface area (Å²) in [6, 6.07) is 0.320. The van der Waals surface area contributed by atoms with Crippen molar-refractivity contribution in [2.45, 2.75) is 32.7 Å². The molecule has 2 aromatic heterocycles. The van der Waals surface area contributed by atoms with Gasteiger partial charge in [0.1, 0.15) is 6.33 Å². The Kier molecular flexibility index (Phi) is 2.81. The minimum Gasteiger partial charge on any atom is -0.224 e. The summed E-state index contributed by atoms with van der Waals surface area (Å²) in [5.41, 5.74) is 1.29. The summed E-state index contributed by atoms with van der Waals surface area (Å²) in [4.78, 5) is 8.03. The van der Waals surface area contributed by atoms with Crippen LogP contribution >= 0.6 is 11.6 Å². The topological polar surface area (TPSA) is 56.5 Å². The van der Waals surface area contributed by atoms with Gasteiger partial charge in [-0.2, -0.15) is 0 Å². The molecule has 0 spiro atoms. The average Bonchev–Trinajstić information content (AvgIpc) is 2.66. The van der Waals surface area contributed by atoms with Crippen LogP contribution in [0.15, 0.2) is 6.33 Å². The minimum atomic E-state index is 0.320. The fourth-order valence-electron chi connectivity index (χ4n) is 1.62. The second kappa shape index (κ2) is 4.10. The first-order valence-corrected chi connectivity index (χ1v) is 5.37. The van der Waals surface area contributed by atoms with Crippen LogP contribution in [0.4, 0.5) is 0 Å². The van der Waals surface area contributed by atoms with Gasteiger partial charge in [0.15, 0.2) is 16.3 Å². The Morgan fingerprint density at radius 2 is 2.07 bits per heavy atom. The van der Waals surface area contributed by atoms with Gasteiger partial charge in [0.25, 0.3) is 0 Å². The van der Waals surface area contributed by atoms with Crippen molar-refractivity contribution in [3.8, 4) is 0 Å². The highest BCUT2D eigenvalue weighted by molar-refractivity contribution is 6.33. The van der Waals surface area contributed by atoms with Crippen LogP contribution in [0.3, 0.4) is 0 Å². The average molecular weight is 226 g/mol. The summed E-state index contributed by atoms with van der Waals surface area (Å²) in [5, 5.41) is 8.43. The molecule has 0 atom stereocenters. The van der Waals surface area contributed by atoms with E-state index in [-0.39, 0.29) is 0 Å². The van der Waals surface area contributed by atoms with E-state index in [1.165, 1.54) is 6.33 Å². The van der Waals surface area contributed by atoms with E-state index in [0.29, 0.717) is 22.4 Å². The van der Waals surface area contributed by atoms with Crippen LogP contribution in [0.25, 0.3) is 11.2 Å². The molecule has 80 valence electrons. The molecular formula is C9H12ClN5. The van der Waals surface area contributed by atoms with Crippen molar-refractivity contribution >= 4 is 22.8 Å². The van der Waals surface area contributed by atoms with Crippen LogP contribution < -0.4 is 0 Å². The van der Waals surface area contributed by atoms with Gasteiger partial charge in [-0.05, 0) is 12.8 Å². The fraction of sp³-hybridized carbons (Fsp3) is 0.556. The quantitative estimate of drug-likeness (QED) is 0.752. The molecule has 0 bridgehead atoms. The van der Waals surface area contributed by atoms with E-state index in [0.717, 1.165) is 12.8 Å². The van der Waals surface area contributed by atoms with Crippen LogP contribution in [0.5, 0.6) is 0 Å². The van der Waals surface area contributed by atoms with Crippen LogP contribution in [0, 0.1) is 0 Å². The highest BCUT2D eigenvalue weighted by Crippen LogP contribution is 2.21. The standard InChI is InChI=1S/C9H12ClN5/c1-3-6(4-2)15-9-7(13-14-15)8(10)11-5-12-9/h5-6H,3-4H2,1-2H3. The van der Waals surface area contributed by atoms with Crippen molar-refractivity contribution in [2.24, 2.45) is 0 Å². The number of halogens is 1. The third-order valence-electron chi connectivity index (χ3n) is 2.50. The molecule has 0 saturated heterocycles. The lowest BCUT2D eigenvalue weighted by molar-refractivity contribution is 0.427. The third kappa shape index (κ3) is 1.67. The Hall–Kier alpha value is -1.23. The second-order valence-electron chi connectivity index (χ2n) is 3.34. The molecule has 15 heavy (non-hydrogen) atoms. The maximum atomic E-state index is 5.89. The van der Waals surface area contributed by atoms with Crippen LogP contribution in [0.2, 0.25) is 5.15 Å². The number of nitrogens with zero attached hydrogens (tertiary/aromatic N) is 5. The van der Waals surface area contributed by atoms with E-state index in [1.807, 2.05) is 4.68 Å². The lowest BCUT2D eigenvalue weighted by Crippen LogP contribution is -2.09. The third-order valence-corrected chi connectivity index (χ3v) is 2.78. The summed E-state index contributed by atoms with van der Waals surface area (Å²) in [5.74, 6) is 0. The van der Waals surface area contributed by atoms with Gasteiger partial charge < -0.3 is 0 Å². The van der Waals surface area contributed by atoms with Gasteiger partial charge in [-0.25, -0.2) is 14.6 Å². The number of hydrogen-bond acceptors (Lipinski definition) is 4. The zero-order chi connectivity index (χ0) is 10.8. The minimum absolute atomic E-state index is 0.320. The largest absolute Gasteiger partial charge is 0.224 e. The van der Waals surface area contributed by atoms with E-state index < -0.39 is 0 Å². The normalized spacial score (nSPS) is 11.5. The van der Waals surface area contributed by atoms with E-state index in [2.05, 4.69) is 34.1 Å². The zero-order valence-corrected chi connectivity index (χ0v) is 9.44. The number of aromatic nitrogens is 5. The lowest BCUT2D eigenvalue weighted by Gasteiger charge is -2.11. The zero-order valence-electron chi connectivity index (χ0n) is 8.68. The molecule has 0 aliphatic heterocycles. The van der Waals surface area contributed by atoms with E-state index in [1.54, 1.807) is 0 Å². The molecule has 0 radical (unpaired) electrons. The van der Waals surface area contributed by atoms with Gasteiger partial charge in [0, 0.05) is 0 Å². The van der Waals surface area contributed by atoms with Gasteiger partial charge in [-0.3, -0.25) is 0 Å². The van der Waals surface area contributed by atoms with E-state index in [9.17, 15) is 0 Å². The molecule has 5 nitrogen and oxygen atoms in total. The Bertz CT molecular complexity index is 462. The fourth-order valence-corrected chi connectivity index (χ4v) is 1.78. The Morgan fingerprint density at radius 1 is 1.33 bits per heavy atom. The molecule has 2 rings (SSSR count). The summed E-state index contributed by atoms with van der Waals surface area (Å²) in [7, 11) is 0. The molecule has 6 heteroatoms. The molecule has 0 amide bonds. The predicted octanol–water partition coefficient (Wildman–Crippen LogP) is 2.24. The van der Waals surface area contributed by atoms with Crippen molar-refractivity contribution in [2.75, 3.05) is 0 Å². The van der Waals surface area contributed by atoms with Crippen LogP contribution in [-0.2, 0) is 0 Å². The van der Waals surface area contributed by atoms with Crippen molar-refractivity contribution in [1.82, 2.24) is 25.0 Å². The molecular weight excluding hydrogens is 214 g/mol. The van der Waals surface area contributed by atoms with Crippen molar-refractivity contribution in [1.29, 1.82) is 0 Å². The smallest absolute Gasteiger partial charge is 0.183 e. The molecule has 0 aliphatic carbocycles. The molecule has 2 aromatic rings. The first-order chi connectivity index (χ1) is 7.27. The molecule has 0 fully saturated rings. The van der Waals surface area contributed by atoms with Crippen molar-refractivity contribution < 1.29 is 0 Å². The molecule has 0 aromatic carbocycles. The molecule has 0 saturated carbocycles. The summed E-state index contributed by atoms with van der Waals surface area (Å²) in [6.45, 7) is 4.23. The molecule has 0 unspecified atom stereocenters. The number of fused-ring (bicyclic) bond motifs is 1.